The number of rotatable bonds is 9. The summed E-state index contributed by atoms with van der Waals surface area (Å²) in [6.07, 6.45) is 8.62. The normalized spacial score (nSPS) is 23.3. The summed E-state index contributed by atoms with van der Waals surface area (Å²) >= 11 is 0. The Morgan fingerprint density at radius 1 is 1.14 bits per heavy atom. The smallest absolute Gasteiger partial charge is 0.326 e. The third kappa shape index (κ3) is 6.07. The Kier molecular flexibility index (Phi) is 8.74. The van der Waals surface area contributed by atoms with E-state index in [4.69, 9.17) is 5.73 Å². The summed E-state index contributed by atoms with van der Waals surface area (Å²) in [4.78, 5) is 39.7. The van der Waals surface area contributed by atoms with E-state index in [-0.39, 0.29) is 17.9 Å². The van der Waals surface area contributed by atoms with Crippen molar-refractivity contribution in [3.63, 3.8) is 0 Å². The maximum absolute atomic E-state index is 13.5. The molecule has 1 unspecified atom stereocenters. The molecule has 0 aromatic rings. The van der Waals surface area contributed by atoms with Gasteiger partial charge in [-0.25, -0.2) is 9.59 Å². The molecule has 3 atom stereocenters. The average molecular weight is 411 g/mol. The Labute approximate surface area is 174 Å². The number of nitrogens with two attached hydrogens (primary N) is 1. The van der Waals surface area contributed by atoms with E-state index in [0.29, 0.717) is 32.4 Å². The molecule has 2 fully saturated rings. The van der Waals surface area contributed by atoms with Crippen molar-refractivity contribution in [2.75, 3.05) is 13.1 Å². The maximum Gasteiger partial charge on any atom is 0.326 e. The Hall–Kier alpha value is -1.83. The van der Waals surface area contributed by atoms with Crippen LogP contribution in [0, 0.1) is 5.92 Å². The summed E-state index contributed by atoms with van der Waals surface area (Å²) in [5, 5.41) is 14.9. The molecule has 2 rings (SSSR count). The number of carbonyl (C=O) groups excluding carboxylic acids is 2. The number of hydrogen-bond donors (Lipinski definition) is 4. The SMILES string of the molecule is C[C@@H]1CCCN1C(=O)[C@@](C)(NC(=O)NC(CCCCN)C(=O)O)C1CCCCC1. The van der Waals surface area contributed by atoms with Crippen molar-refractivity contribution >= 4 is 17.9 Å². The highest BCUT2D eigenvalue weighted by molar-refractivity contribution is 5.92. The van der Waals surface area contributed by atoms with Gasteiger partial charge in [0.05, 0.1) is 0 Å². The molecule has 5 N–H and O–H groups in total. The van der Waals surface area contributed by atoms with Crippen molar-refractivity contribution in [3.05, 3.63) is 0 Å². The first-order chi connectivity index (χ1) is 13.8. The first-order valence-corrected chi connectivity index (χ1v) is 11.1. The number of urea groups is 1. The summed E-state index contributed by atoms with van der Waals surface area (Å²) in [5.74, 6) is -1.06. The minimum Gasteiger partial charge on any atom is -0.480 e. The first-order valence-electron chi connectivity index (χ1n) is 11.1. The van der Waals surface area contributed by atoms with E-state index in [1.54, 1.807) is 0 Å². The molecule has 8 nitrogen and oxygen atoms in total. The number of carboxylic acid groups (broad SMARTS) is 1. The van der Waals surface area contributed by atoms with Gasteiger partial charge < -0.3 is 26.4 Å². The molecule has 0 radical (unpaired) electrons. The minimum absolute atomic E-state index is 0.0421. The fourth-order valence-corrected chi connectivity index (χ4v) is 4.72. The second-order valence-corrected chi connectivity index (χ2v) is 8.80. The third-order valence-corrected chi connectivity index (χ3v) is 6.60. The van der Waals surface area contributed by atoms with Crippen LogP contribution in [0.1, 0.15) is 78.1 Å². The van der Waals surface area contributed by atoms with Crippen LogP contribution < -0.4 is 16.4 Å². The predicted molar refractivity (Wildman–Crippen MR) is 111 cm³/mol. The number of unbranched alkanes of at least 4 members (excludes halogenated alkanes) is 1. The Morgan fingerprint density at radius 3 is 2.38 bits per heavy atom. The fourth-order valence-electron chi connectivity index (χ4n) is 4.72. The zero-order chi connectivity index (χ0) is 21.4. The van der Waals surface area contributed by atoms with Gasteiger partial charge in [0.2, 0.25) is 5.91 Å². The summed E-state index contributed by atoms with van der Waals surface area (Å²) in [7, 11) is 0. The van der Waals surface area contributed by atoms with Gasteiger partial charge in [-0.3, -0.25) is 4.79 Å². The topological polar surface area (TPSA) is 125 Å². The van der Waals surface area contributed by atoms with Crippen LogP contribution in [0.3, 0.4) is 0 Å². The predicted octanol–water partition coefficient (Wildman–Crippen LogP) is 2.22. The van der Waals surface area contributed by atoms with Gasteiger partial charge in [-0.15, -0.1) is 0 Å². The van der Waals surface area contributed by atoms with Crippen molar-refractivity contribution in [2.24, 2.45) is 11.7 Å². The quantitative estimate of drug-likeness (QED) is 0.434. The summed E-state index contributed by atoms with van der Waals surface area (Å²) in [5.41, 5.74) is 4.45. The largest absolute Gasteiger partial charge is 0.480 e. The lowest BCUT2D eigenvalue weighted by Gasteiger charge is -2.42. The summed E-state index contributed by atoms with van der Waals surface area (Å²) in [6, 6.07) is -1.41. The van der Waals surface area contributed by atoms with Gasteiger partial charge in [0.1, 0.15) is 11.6 Å². The van der Waals surface area contributed by atoms with Crippen LogP contribution in [0.5, 0.6) is 0 Å². The average Bonchev–Trinajstić information content (AvgIpc) is 3.12. The van der Waals surface area contributed by atoms with Gasteiger partial charge in [-0.1, -0.05) is 19.3 Å². The molecule has 0 spiro atoms. The monoisotopic (exact) mass is 410 g/mol. The number of nitrogens with zero attached hydrogens (tertiary/aromatic N) is 1. The maximum atomic E-state index is 13.5. The molecular formula is C21H38N4O4. The van der Waals surface area contributed by atoms with Gasteiger partial charge in [0.15, 0.2) is 0 Å². The number of amides is 3. The van der Waals surface area contributed by atoms with Crippen molar-refractivity contribution in [1.82, 2.24) is 15.5 Å². The third-order valence-electron chi connectivity index (χ3n) is 6.60. The molecule has 166 valence electrons. The highest BCUT2D eigenvalue weighted by atomic mass is 16.4. The molecule has 2 aliphatic rings. The number of carboxylic acids is 1. The van der Waals surface area contributed by atoms with Crippen molar-refractivity contribution in [1.29, 1.82) is 0 Å². The number of likely N-dealkylation sites (tertiary alicyclic amines) is 1. The van der Waals surface area contributed by atoms with Crippen LogP contribution in [0.15, 0.2) is 0 Å². The number of aliphatic carboxylic acids is 1. The molecule has 3 amide bonds. The van der Waals surface area contributed by atoms with E-state index in [2.05, 4.69) is 10.6 Å². The van der Waals surface area contributed by atoms with Gasteiger partial charge >= 0.3 is 12.0 Å². The zero-order valence-corrected chi connectivity index (χ0v) is 17.9. The van der Waals surface area contributed by atoms with Crippen molar-refractivity contribution in [2.45, 2.75) is 95.7 Å². The van der Waals surface area contributed by atoms with E-state index in [0.717, 1.165) is 44.9 Å². The number of nitrogens with one attached hydrogen (secondary N) is 2. The second-order valence-electron chi connectivity index (χ2n) is 8.80. The highest BCUT2D eigenvalue weighted by Gasteiger charge is 2.47. The molecule has 0 bridgehead atoms. The van der Waals surface area contributed by atoms with E-state index >= 15 is 0 Å². The van der Waals surface area contributed by atoms with Crippen molar-refractivity contribution < 1.29 is 19.5 Å². The molecule has 1 aliphatic carbocycles. The van der Waals surface area contributed by atoms with Crippen LogP contribution in [-0.4, -0.2) is 58.6 Å². The molecule has 0 aromatic carbocycles. The van der Waals surface area contributed by atoms with E-state index in [1.807, 2.05) is 18.7 Å². The standard InChI is InChI=1S/C21H38N4O4/c1-15-9-8-14-25(15)19(28)21(2,16-10-4-3-5-11-16)24-20(29)23-17(18(26)27)12-6-7-13-22/h15-17H,3-14,22H2,1-2H3,(H,26,27)(H2,23,24,29)/t15-,17?,21+/m1/s1. The lowest BCUT2D eigenvalue weighted by atomic mass is 9.74. The molecule has 0 aromatic heterocycles. The second kappa shape index (κ2) is 10.8. The lowest BCUT2D eigenvalue weighted by molar-refractivity contribution is -0.140. The minimum atomic E-state index is -1.07. The number of hydrogen-bond acceptors (Lipinski definition) is 4. The first kappa shape index (κ1) is 23.4. The Bertz CT molecular complexity index is 579. The number of carbonyl (C=O) groups is 3. The van der Waals surface area contributed by atoms with Crippen LogP contribution in [-0.2, 0) is 9.59 Å². The van der Waals surface area contributed by atoms with Crippen LogP contribution in [0.4, 0.5) is 4.79 Å². The van der Waals surface area contributed by atoms with Gasteiger partial charge in [0, 0.05) is 12.6 Å². The van der Waals surface area contributed by atoms with Gasteiger partial charge in [-0.2, -0.15) is 0 Å². The highest BCUT2D eigenvalue weighted by Crippen LogP contribution is 2.35. The molecule has 8 heteroatoms. The van der Waals surface area contributed by atoms with Crippen LogP contribution >= 0.6 is 0 Å². The Morgan fingerprint density at radius 2 is 1.83 bits per heavy atom. The van der Waals surface area contributed by atoms with Gasteiger partial charge in [-0.05, 0) is 71.3 Å². The lowest BCUT2D eigenvalue weighted by Crippen LogP contribution is -2.65. The molecule has 1 saturated carbocycles. The molecule has 1 aliphatic heterocycles. The van der Waals surface area contributed by atoms with Gasteiger partial charge in [0.25, 0.3) is 0 Å². The van der Waals surface area contributed by atoms with E-state index in [9.17, 15) is 19.5 Å². The molecule has 1 saturated heterocycles. The fraction of sp³-hybridized carbons (Fsp3) is 0.857. The van der Waals surface area contributed by atoms with Crippen LogP contribution in [0.2, 0.25) is 0 Å². The molecular weight excluding hydrogens is 372 g/mol. The molecule has 1 heterocycles. The Balaban J connectivity index is 2.12. The van der Waals surface area contributed by atoms with E-state index in [1.165, 1.54) is 0 Å². The van der Waals surface area contributed by atoms with E-state index < -0.39 is 23.6 Å². The van der Waals surface area contributed by atoms with Crippen molar-refractivity contribution in [3.8, 4) is 0 Å². The summed E-state index contributed by atoms with van der Waals surface area (Å²) < 4.78 is 0. The summed E-state index contributed by atoms with van der Waals surface area (Å²) in [6.45, 7) is 5.06. The zero-order valence-electron chi connectivity index (χ0n) is 17.9. The molecule has 29 heavy (non-hydrogen) atoms. The van der Waals surface area contributed by atoms with Crippen LogP contribution in [0.25, 0.3) is 0 Å².